The van der Waals surface area contributed by atoms with Crippen molar-refractivity contribution in [2.45, 2.75) is 45.8 Å². The standard InChI is InChI=1S/C17H25NO2/c1-4-5-9-17-15(12-18-11-13(2)19-3)14-8-6-7-10-16(14)20-17/h6-8,10,13,18H,4-5,9,11-12H2,1-3H3. The molecule has 2 aromatic rings. The van der Waals surface area contributed by atoms with E-state index in [4.69, 9.17) is 9.15 Å². The lowest BCUT2D eigenvalue weighted by Crippen LogP contribution is -2.25. The maximum Gasteiger partial charge on any atom is 0.134 e. The second-order valence-corrected chi connectivity index (χ2v) is 5.28. The van der Waals surface area contributed by atoms with E-state index in [-0.39, 0.29) is 6.10 Å². The Morgan fingerprint density at radius 2 is 2.10 bits per heavy atom. The minimum Gasteiger partial charge on any atom is -0.461 e. The summed E-state index contributed by atoms with van der Waals surface area (Å²) >= 11 is 0. The zero-order valence-electron chi connectivity index (χ0n) is 12.7. The van der Waals surface area contributed by atoms with Crippen LogP contribution in [0.25, 0.3) is 11.0 Å². The van der Waals surface area contributed by atoms with Crippen molar-refractivity contribution in [3.63, 3.8) is 0 Å². The van der Waals surface area contributed by atoms with Crippen LogP contribution in [0.15, 0.2) is 28.7 Å². The maximum absolute atomic E-state index is 6.01. The summed E-state index contributed by atoms with van der Waals surface area (Å²) in [4.78, 5) is 0. The Kier molecular flexibility index (Phi) is 5.62. The molecule has 20 heavy (non-hydrogen) atoms. The first-order chi connectivity index (χ1) is 9.76. The number of unbranched alkanes of at least 4 members (excludes halogenated alkanes) is 1. The van der Waals surface area contributed by atoms with Gasteiger partial charge in [-0.15, -0.1) is 0 Å². The summed E-state index contributed by atoms with van der Waals surface area (Å²) in [5.74, 6) is 1.13. The highest BCUT2D eigenvalue weighted by Gasteiger charge is 2.13. The number of hydrogen-bond acceptors (Lipinski definition) is 3. The van der Waals surface area contributed by atoms with Crippen molar-refractivity contribution in [3.05, 3.63) is 35.6 Å². The predicted octanol–water partition coefficient (Wildman–Crippen LogP) is 3.90. The van der Waals surface area contributed by atoms with E-state index in [1.165, 1.54) is 23.8 Å². The fraction of sp³-hybridized carbons (Fsp3) is 0.529. The van der Waals surface area contributed by atoms with Crippen LogP contribution >= 0.6 is 0 Å². The zero-order chi connectivity index (χ0) is 14.4. The molecule has 0 spiro atoms. The molecular weight excluding hydrogens is 250 g/mol. The fourth-order valence-electron chi connectivity index (χ4n) is 2.37. The molecule has 0 aliphatic rings. The Hall–Kier alpha value is -1.32. The average molecular weight is 275 g/mol. The minimum absolute atomic E-state index is 0.229. The smallest absolute Gasteiger partial charge is 0.134 e. The third kappa shape index (κ3) is 3.62. The Morgan fingerprint density at radius 1 is 1.30 bits per heavy atom. The van der Waals surface area contributed by atoms with Crippen LogP contribution in [0.4, 0.5) is 0 Å². The van der Waals surface area contributed by atoms with Crippen LogP contribution in [0.1, 0.15) is 38.0 Å². The Labute approximate surface area is 121 Å². The normalized spacial score (nSPS) is 12.9. The van der Waals surface area contributed by atoms with Gasteiger partial charge in [-0.1, -0.05) is 31.5 Å². The molecule has 1 aromatic heterocycles. The molecule has 1 unspecified atom stereocenters. The van der Waals surface area contributed by atoms with E-state index >= 15 is 0 Å². The van der Waals surface area contributed by atoms with E-state index in [0.717, 1.165) is 30.9 Å². The number of methoxy groups -OCH3 is 1. The van der Waals surface area contributed by atoms with Gasteiger partial charge in [-0.05, 0) is 19.4 Å². The highest BCUT2D eigenvalue weighted by Crippen LogP contribution is 2.27. The summed E-state index contributed by atoms with van der Waals surface area (Å²) in [5.41, 5.74) is 2.30. The summed E-state index contributed by atoms with van der Waals surface area (Å²) in [6.45, 7) is 5.96. The second-order valence-electron chi connectivity index (χ2n) is 5.28. The van der Waals surface area contributed by atoms with Crippen LogP contribution in [-0.4, -0.2) is 19.8 Å². The number of hydrogen-bond donors (Lipinski definition) is 1. The largest absolute Gasteiger partial charge is 0.461 e. The number of aryl methyl sites for hydroxylation is 1. The Bertz CT molecular complexity index is 533. The zero-order valence-corrected chi connectivity index (χ0v) is 12.7. The molecular formula is C17H25NO2. The Morgan fingerprint density at radius 3 is 2.85 bits per heavy atom. The van der Waals surface area contributed by atoms with Crippen molar-refractivity contribution in [2.24, 2.45) is 0 Å². The van der Waals surface area contributed by atoms with Crippen molar-refractivity contribution in [1.82, 2.24) is 5.32 Å². The number of nitrogens with one attached hydrogen (secondary N) is 1. The number of benzene rings is 1. The molecule has 110 valence electrons. The number of ether oxygens (including phenoxy) is 1. The van der Waals surface area contributed by atoms with Crippen LogP contribution in [0.5, 0.6) is 0 Å². The van der Waals surface area contributed by atoms with E-state index in [0.29, 0.717) is 0 Å². The van der Waals surface area contributed by atoms with Gasteiger partial charge in [0.1, 0.15) is 11.3 Å². The van der Waals surface area contributed by atoms with E-state index in [1.54, 1.807) is 7.11 Å². The summed E-state index contributed by atoms with van der Waals surface area (Å²) in [7, 11) is 1.74. The predicted molar refractivity (Wildman–Crippen MR) is 83.0 cm³/mol. The first kappa shape index (κ1) is 15.1. The van der Waals surface area contributed by atoms with Crippen LogP contribution in [0, 0.1) is 0 Å². The number of rotatable bonds is 8. The van der Waals surface area contributed by atoms with E-state index in [2.05, 4.69) is 31.3 Å². The molecule has 1 atom stereocenters. The molecule has 3 heteroatoms. The number of fused-ring (bicyclic) bond motifs is 1. The van der Waals surface area contributed by atoms with Gasteiger partial charge in [-0.2, -0.15) is 0 Å². The van der Waals surface area contributed by atoms with E-state index in [9.17, 15) is 0 Å². The highest BCUT2D eigenvalue weighted by atomic mass is 16.5. The van der Waals surface area contributed by atoms with E-state index in [1.807, 2.05) is 12.1 Å². The second kappa shape index (κ2) is 7.46. The summed E-state index contributed by atoms with van der Waals surface area (Å²) < 4.78 is 11.3. The first-order valence-electron chi connectivity index (χ1n) is 7.49. The summed E-state index contributed by atoms with van der Waals surface area (Å²) in [5, 5.41) is 4.70. The van der Waals surface area contributed by atoms with Gasteiger partial charge in [-0.25, -0.2) is 0 Å². The maximum atomic E-state index is 6.01. The van der Waals surface area contributed by atoms with Crippen molar-refractivity contribution < 1.29 is 9.15 Å². The fourth-order valence-corrected chi connectivity index (χ4v) is 2.37. The van der Waals surface area contributed by atoms with Crippen LogP contribution < -0.4 is 5.32 Å². The quantitative estimate of drug-likeness (QED) is 0.793. The van der Waals surface area contributed by atoms with Crippen molar-refractivity contribution in [1.29, 1.82) is 0 Å². The molecule has 0 saturated carbocycles. The van der Waals surface area contributed by atoms with Crippen LogP contribution in [-0.2, 0) is 17.7 Å². The average Bonchev–Trinajstić information content (AvgIpc) is 2.83. The third-order valence-corrected chi connectivity index (χ3v) is 3.68. The first-order valence-corrected chi connectivity index (χ1v) is 7.49. The Balaban J connectivity index is 2.15. The van der Waals surface area contributed by atoms with Gasteiger partial charge in [-0.3, -0.25) is 0 Å². The van der Waals surface area contributed by atoms with Gasteiger partial charge >= 0.3 is 0 Å². The molecule has 1 heterocycles. The van der Waals surface area contributed by atoms with Crippen LogP contribution in [0.2, 0.25) is 0 Å². The van der Waals surface area contributed by atoms with Crippen LogP contribution in [0.3, 0.4) is 0 Å². The van der Waals surface area contributed by atoms with E-state index < -0.39 is 0 Å². The van der Waals surface area contributed by atoms with Gasteiger partial charge in [0.2, 0.25) is 0 Å². The summed E-state index contributed by atoms with van der Waals surface area (Å²) in [6, 6.07) is 8.29. The lowest BCUT2D eigenvalue weighted by atomic mass is 10.1. The summed E-state index contributed by atoms with van der Waals surface area (Å²) in [6.07, 6.45) is 3.60. The number of para-hydroxylation sites is 1. The van der Waals surface area contributed by atoms with Gasteiger partial charge in [0.15, 0.2) is 0 Å². The highest BCUT2D eigenvalue weighted by molar-refractivity contribution is 5.82. The van der Waals surface area contributed by atoms with Gasteiger partial charge in [0.25, 0.3) is 0 Å². The molecule has 0 radical (unpaired) electrons. The third-order valence-electron chi connectivity index (χ3n) is 3.68. The van der Waals surface area contributed by atoms with Gasteiger partial charge < -0.3 is 14.5 Å². The minimum atomic E-state index is 0.229. The molecule has 0 amide bonds. The van der Waals surface area contributed by atoms with Crippen molar-refractivity contribution in [3.8, 4) is 0 Å². The molecule has 0 aliphatic heterocycles. The monoisotopic (exact) mass is 275 g/mol. The molecule has 3 nitrogen and oxygen atoms in total. The molecule has 0 saturated heterocycles. The topological polar surface area (TPSA) is 34.4 Å². The van der Waals surface area contributed by atoms with Crippen molar-refractivity contribution in [2.75, 3.05) is 13.7 Å². The molecule has 1 aromatic carbocycles. The molecule has 0 fully saturated rings. The molecule has 0 bridgehead atoms. The van der Waals surface area contributed by atoms with Gasteiger partial charge in [0.05, 0.1) is 6.10 Å². The van der Waals surface area contributed by atoms with Gasteiger partial charge in [0, 0.05) is 37.6 Å². The molecule has 2 rings (SSSR count). The lowest BCUT2D eigenvalue weighted by Gasteiger charge is -2.11. The molecule has 0 aliphatic carbocycles. The lowest BCUT2D eigenvalue weighted by molar-refractivity contribution is 0.117. The molecule has 1 N–H and O–H groups in total. The van der Waals surface area contributed by atoms with Crippen molar-refractivity contribution >= 4 is 11.0 Å². The SMILES string of the molecule is CCCCc1oc2ccccc2c1CNCC(C)OC. The number of furan rings is 1.